The lowest BCUT2D eigenvalue weighted by Crippen LogP contribution is -2.36. The number of halogens is 1. The first kappa shape index (κ1) is 19.0. The summed E-state index contributed by atoms with van der Waals surface area (Å²) in [7, 11) is 0. The van der Waals surface area contributed by atoms with Crippen molar-refractivity contribution < 1.29 is 24.2 Å². The van der Waals surface area contributed by atoms with Gasteiger partial charge in [0.25, 0.3) is 5.91 Å². The molecule has 2 aromatic rings. The molecule has 3 rings (SSSR count). The van der Waals surface area contributed by atoms with Crippen molar-refractivity contribution in [3.63, 3.8) is 0 Å². The third kappa shape index (κ3) is 4.34. The van der Waals surface area contributed by atoms with Gasteiger partial charge in [-0.1, -0.05) is 23.7 Å². The molecule has 0 fully saturated rings. The number of hydrogen-bond donors (Lipinski definition) is 1. The van der Waals surface area contributed by atoms with Crippen molar-refractivity contribution in [3.05, 3.63) is 58.1 Å². The van der Waals surface area contributed by atoms with Gasteiger partial charge in [-0.15, -0.1) is 0 Å². The van der Waals surface area contributed by atoms with Crippen molar-refractivity contribution in [2.75, 3.05) is 19.8 Å². The second-order valence-electron chi connectivity index (χ2n) is 6.13. The number of benzene rings is 2. The number of aliphatic carboxylic acids is 1. The van der Waals surface area contributed by atoms with Crippen LogP contribution in [-0.2, 0) is 17.8 Å². The maximum atomic E-state index is 12.9. The van der Waals surface area contributed by atoms with Crippen LogP contribution in [0.3, 0.4) is 0 Å². The van der Waals surface area contributed by atoms with Crippen LogP contribution in [0.15, 0.2) is 36.4 Å². The topological polar surface area (TPSA) is 76.1 Å². The molecule has 0 atom stereocenters. The van der Waals surface area contributed by atoms with E-state index < -0.39 is 12.6 Å². The van der Waals surface area contributed by atoms with E-state index in [4.69, 9.17) is 26.2 Å². The summed E-state index contributed by atoms with van der Waals surface area (Å²) >= 11 is 6.24. The number of carbonyl (C=O) groups excluding carboxylic acids is 1. The molecular formula is C20H20ClNO5. The molecule has 0 bridgehead atoms. The molecular weight excluding hydrogens is 370 g/mol. The predicted molar refractivity (Wildman–Crippen MR) is 101 cm³/mol. The van der Waals surface area contributed by atoms with E-state index in [0.717, 1.165) is 16.1 Å². The standard InChI is InChI=1S/C20H20ClNO5/c1-2-26-18-10-13(6-7-17(18)27-12-19(23)24)20(25)22-9-8-15-14(11-22)4-3-5-16(15)21/h3-7,10H,2,8-9,11-12H2,1H3,(H,23,24). The first-order valence-electron chi connectivity index (χ1n) is 8.66. The van der Waals surface area contributed by atoms with Gasteiger partial charge in [-0.3, -0.25) is 4.79 Å². The smallest absolute Gasteiger partial charge is 0.341 e. The number of nitrogens with zero attached hydrogens (tertiary/aromatic N) is 1. The van der Waals surface area contributed by atoms with Gasteiger partial charge in [-0.05, 0) is 48.7 Å². The molecule has 27 heavy (non-hydrogen) atoms. The summed E-state index contributed by atoms with van der Waals surface area (Å²) in [4.78, 5) is 25.4. The highest BCUT2D eigenvalue weighted by molar-refractivity contribution is 6.31. The Morgan fingerprint density at radius 1 is 1.19 bits per heavy atom. The van der Waals surface area contributed by atoms with Crippen molar-refractivity contribution in [2.45, 2.75) is 19.9 Å². The predicted octanol–water partition coefficient (Wildman–Crippen LogP) is 3.40. The second-order valence-corrected chi connectivity index (χ2v) is 6.54. The normalized spacial score (nSPS) is 13.0. The second kappa shape index (κ2) is 8.31. The Hall–Kier alpha value is -2.73. The fourth-order valence-corrected chi connectivity index (χ4v) is 3.38. The first-order chi connectivity index (χ1) is 13.0. The van der Waals surface area contributed by atoms with Crippen molar-refractivity contribution in [3.8, 4) is 11.5 Å². The fraction of sp³-hybridized carbons (Fsp3) is 0.300. The van der Waals surface area contributed by atoms with Crippen molar-refractivity contribution >= 4 is 23.5 Å². The summed E-state index contributed by atoms with van der Waals surface area (Å²) in [5.74, 6) is -0.550. The highest BCUT2D eigenvalue weighted by Crippen LogP contribution is 2.31. The molecule has 1 aliphatic heterocycles. The molecule has 0 aliphatic carbocycles. The van der Waals surface area contributed by atoms with Crippen LogP contribution in [0.25, 0.3) is 0 Å². The van der Waals surface area contributed by atoms with E-state index in [0.29, 0.717) is 43.2 Å². The third-order valence-corrected chi connectivity index (χ3v) is 4.69. The number of carbonyl (C=O) groups is 2. The van der Waals surface area contributed by atoms with Crippen LogP contribution < -0.4 is 9.47 Å². The van der Waals surface area contributed by atoms with E-state index in [1.54, 1.807) is 30.0 Å². The van der Waals surface area contributed by atoms with Crippen molar-refractivity contribution in [1.82, 2.24) is 4.90 Å². The maximum absolute atomic E-state index is 12.9. The molecule has 1 heterocycles. The van der Waals surface area contributed by atoms with Gasteiger partial charge in [0.05, 0.1) is 6.61 Å². The van der Waals surface area contributed by atoms with Crippen LogP contribution in [0.1, 0.15) is 28.4 Å². The summed E-state index contributed by atoms with van der Waals surface area (Å²) in [5, 5.41) is 9.51. The van der Waals surface area contributed by atoms with Gasteiger partial charge in [-0.2, -0.15) is 0 Å². The fourth-order valence-electron chi connectivity index (χ4n) is 3.09. The van der Waals surface area contributed by atoms with Crippen LogP contribution >= 0.6 is 11.6 Å². The number of fused-ring (bicyclic) bond motifs is 1. The Morgan fingerprint density at radius 3 is 2.74 bits per heavy atom. The number of carboxylic acid groups (broad SMARTS) is 1. The zero-order valence-corrected chi connectivity index (χ0v) is 15.7. The van der Waals surface area contributed by atoms with E-state index in [1.165, 1.54) is 0 Å². The lowest BCUT2D eigenvalue weighted by Gasteiger charge is -2.29. The van der Waals surface area contributed by atoms with Gasteiger partial charge in [-0.25, -0.2) is 4.79 Å². The minimum atomic E-state index is -1.08. The average Bonchev–Trinajstić information content (AvgIpc) is 2.66. The number of rotatable bonds is 6. The van der Waals surface area contributed by atoms with E-state index in [9.17, 15) is 9.59 Å². The SMILES string of the molecule is CCOc1cc(C(=O)N2CCc3c(Cl)cccc3C2)ccc1OCC(=O)O. The van der Waals surface area contributed by atoms with Crippen LogP contribution in [0.2, 0.25) is 5.02 Å². The maximum Gasteiger partial charge on any atom is 0.341 e. The van der Waals surface area contributed by atoms with Gasteiger partial charge in [0.1, 0.15) is 0 Å². The minimum Gasteiger partial charge on any atom is -0.490 e. The quantitative estimate of drug-likeness (QED) is 0.819. The summed E-state index contributed by atoms with van der Waals surface area (Å²) in [6, 6.07) is 10.5. The first-order valence-corrected chi connectivity index (χ1v) is 9.04. The molecule has 7 heteroatoms. The summed E-state index contributed by atoms with van der Waals surface area (Å²) in [5.41, 5.74) is 2.61. The molecule has 1 amide bonds. The highest BCUT2D eigenvalue weighted by Gasteiger charge is 2.24. The summed E-state index contributed by atoms with van der Waals surface area (Å²) < 4.78 is 10.7. The van der Waals surface area contributed by atoms with E-state index >= 15 is 0 Å². The van der Waals surface area contributed by atoms with Gasteiger partial charge >= 0.3 is 5.97 Å². The monoisotopic (exact) mass is 389 g/mol. The zero-order valence-electron chi connectivity index (χ0n) is 14.9. The Labute approximate surface area is 162 Å². The molecule has 6 nitrogen and oxygen atoms in total. The molecule has 1 N–H and O–H groups in total. The summed E-state index contributed by atoms with van der Waals surface area (Å²) in [6.45, 7) is 2.78. The van der Waals surface area contributed by atoms with Gasteiger partial charge < -0.3 is 19.5 Å². The van der Waals surface area contributed by atoms with Crippen LogP contribution in [-0.4, -0.2) is 41.6 Å². The Kier molecular flexibility index (Phi) is 5.86. The van der Waals surface area contributed by atoms with E-state index in [2.05, 4.69) is 0 Å². The third-order valence-electron chi connectivity index (χ3n) is 4.34. The molecule has 0 aromatic heterocycles. The van der Waals surface area contributed by atoms with Gasteiger partial charge in [0.15, 0.2) is 18.1 Å². The number of ether oxygens (including phenoxy) is 2. The molecule has 1 aliphatic rings. The molecule has 0 saturated carbocycles. The minimum absolute atomic E-state index is 0.119. The molecule has 142 valence electrons. The Morgan fingerprint density at radius 2 is 2.00 bits per heavy atom. The molecule has 0 spiro atoms. The van der Waals surface area contributed by atoms with E-state index in [-0.39, 0.29) is 5.91 Å². The highest BCUT2D eigenvalue weighted by atomic mass is 35.5. The number of carboxylic acids is 1. The van der Waals surface area contributed by atoms with Gasteiger partial charge in [0, 0.05) is 23.7 Å². The van der Waals surface area contributed by atoms with E-state index in [1.807, 2.05) is 18.2 Å². The summed E-state index contributed by atoms with van der Waals surface area (Å²) in [6.07, 6.45) is 0.707. The molecule has 0 saturated heterocycles. The molecule has 0 radical (unpaired) electrons. The number of amides is 1. The lowest BCUT2D eigenvalue weighted by atomic mass is 9.99. The lowest BCUT2D eigenvalue weighted by molar-refractivity contribution is -0.139. The zero-order chi connectivity index (χ0) is 19.4. The van der Waals surface area contributed by atoms with Crippen LogP contribution in [0, 0.1) is 0 Å². The largest absolute Gasteiger partial charge is 0.490 e. The van der Waals surface area contributed by atoms with Crippen molar-refractivity contribution in [2.24, 2.45) is 0 Å². The molecule has 2 aromatic carbocycles. The Bertz CT molecular complexity index is 867. The molecule has 0 unspecified atom stereocenters. The van der Waals surface area contributed by atoms with Gasteiger partial charge in [0.2, 0.25) is 0 Å². The van der Waals surface area contributed by atoms with Crippen LogP contribution in [0.4, 0.5) is 0 Å². The number of hydrogen-bond acceptors (Lipinski definition) is 4. The Balaban J connectivity index is 1.80. The van der Waals surface area contributed by atoms with Crippen LogP contribution in [0.5, 0.6) is 11.5 Å². The van der Waals surface area contributed by atoms with Crippen molar-refractivity contribution in [1.29, 1.82) is 0 Å². The average molecular weight is 390 g/mol.